The first kappa shape index (κ1) is 14.8. The molecule has 0 aromatic heterocycles. The second-order valence-electron chi connectivity index (χ2n) is 4.08. The second-order valence-corrected chi connectivity index (χ2v) is 4.52. The lowest BCUT2D eigenvalue weighted by Crippen LogP contribution is -2.51. The molecule has 0 aliphatic heterocycles. The van der Waals surface area contributed by atoms with E-state index in [0.717, 1.165) is 0 Å². The molecule has 0 fully saturated rings. The summed E-state index contributed by atoms with van der Waals surface area (Å²) in [5.41, 5.74) is 4.50. The summed E-state index contributed by atoms with van der Waals surface area (Å²) in [6, 6.07) is -0.596. The van der Waals surface area contributed by atoms with Crippen molar-refractivity contribution in [2.24, 2.45) is 11.1 Å². The quantitative estimate of drug-likeness (QED) is 0.592. The van der Waals surface area contributed by atoms with Gasteiger partial charge in [0.05, 0.1) is 10.4 Å². The van der Waals surface area contributed by atoms with Crippen LogP contribution in [-0.2, 0) is 9.59 Å². The Balaban J connectivity index is 4.46. The Morgan fingerprint density at radius 2 is 1.94 bits per heavy atom. The maximum absolute atomic E-state index is 11.8. The summed E-state index contributed by atoms with van der Waals surface area (Å²) in [5.74, 6) is -0.576. The molecule has 0 aromatic rings. The molecule has 0 saturated heterocycles. The number of carbonyl (C=O) groups excluding carboxylic acids is 2. The number of rotatable bonds is 5. The Hall–Kier alpha value is -1.17. The lowest BCUT2D eigenvalue weighted by atomic mass is 9.92. The monoisotopic (exact) mass is 245 g/mol. The van der Waals surface area contributed by atoms with Gasteiger partial charge >= 0.3 is 0 Å². The molecule has 6 heteroatoms. The number of amides is 2. The lowest BCUT2D eigenvalue weighted by molar-refractivity contribution is -0.131. The van der Waals surface area contributed by atoms with Gasteiger partial charge in [0.1, 0.15) is 6.04 Å². The van der Waals surface area contributed by atoms with E-state index in [1.165, 1.54) is 0 Å². The van der Waals surface area contributed by atoms with E-state index in [-0.39, 0.29) is 16.8 Å². The topological polar surface area (TPSA) is 84.2 Å². The molecule has 0 heterocycles. The number of nitrogens with two attached hydrogens (primary N) is 1. The van der Waals surface area contributed by atoms with Crippen molar-refractivity contribution in [1.82, 2.24) is 10.6 Å². The van der Waals surface area contributed by atoms with Crippen molar-refractivity contribution in [3.63, 3.8) is 0 Å². The normalized spacial score (nSPS) is 12.8. The number of likely N-dealkylation sites (N-methyl/N-ethyl adjacent to an activating group) is 1. The number of hydrogen-bond acceptors (Lipinski definition) is 3. The van der Waals surface area contributed by atoms with Crippen LogP contribution in [0.15, 0.2) is 0 Å². The van der Waals surface area contributed by atoms with E-state index < -0.39 is 11.5 Å². The second kappa shape index (κ2) is 5.79. The van der Waals surface area contributed by atoms with Gasteiger partial charge in [-0.1, -0.05) is 12.2 Å². The van der Waals surface area contributed by atoms with Crippen LogP contribution in [0, 0.1) is 5.41 Å². The molecule has 0 aliphatic carbocycles. The van der Waals surface area contributed by atoms with Gasteiger partial charge in [0, 0.05) is 6.54 Å². The highest BCUT2D eigenvalue weighted by Gasteiger charge is 2.32. The van der Waals surface area contributed by atoms with Gasteiger partial charge in [-0.15, -0.1) is 0 Å². The molecule has 5 nitrogen and oxygen atoms in total. The zero-order valence-electron chi connectivity index (χ0n) is 10.1. The van der Waals surface area contributed by atoms with Gasteiger partial charge in [-0.25, -0.2) is 0 Å². The van der Waals surface area contributed by atoms with E-state index >= 15 is 0 Å². The van der Waals surface area contributed by atoms with Gasteiger partial charge in [-0.3, -0.25) is 9.59 Å². The highest BCUT2D eigenvalue weighted by atomic mass is 32.1. The zero-order chi connectivity index (χ0) is 12.9. The largest absolute Gasteiger partial charge is 0.392 e. The molecule has 0 radical (unpaired) electrons. The average Bonchev–Trinajstić information content (AvgIpc) is 2.17. The van der Waals surface area contributed by atoms with Crippen molar-refractivity contribution in [1.29, 1.82) is 0 Å². The van der Waals surface area contributed by atoms with Crippen LogP contribution in [0.2, 0.25) is 0 Å². The fourth-order valence-corrected chi connectivity index (χ4v) is 0.975. The first-order valence-electron chi connectivity index (χ1n) is 5.12. The molecule has 92 valence electrons. The van der Waals surface area contributed by atoms with Crippen molar-refractivity contribution in [2.75, 3.05) is 6.54 Å². The van der Waals surface area contributed by atoms with Crippen molar-refractivity contribution in [2.45, 2.75) is 33.7 Å². The van der Waals surface area contributed by atoms with Crippen LogP contribution >= 0.6 is 12.2 Å². The Kier molecular flexibility index (Phi) is 5.37. The first-order valence-corrected chi connectivity index (χ1v) is 5.52. The maximum Gasteiger partial charge on any atom is 0.242 e. The summed E-state index contributed by atoms with van der Waals surface area (Å²) < 4.78 is 0. The highest BCUT2D eigenvalue weighted by Crippen LogP contribution is 2.15. The molecule has 0 aliphatic rings. The third kappa shape index (κ3) is 3.77. The molecular formula is C10H19N3O2S. The predicted molar refractivity (Wildman–Crippen MR) is 66.9 cm³/mol. The standard InChI is InChI=1S/C10H19N3O2S/c1-5-12-7(14)6(2)13-9(15)10(3,4)8(11)16/h6H,5H2,1-4H3,(H2,11,16)(H,12,14)(H,13,15). The van der Waals surface area contributed by atoms with Crippen molar-refractivity contribution >= 4 is 29.0 Å². The minimum atomic E-state index is -0.948. The van der Waals surface area contributed by atoms with E-state index in [4.69, 9.17) is 18.0 Å². The average molecular weight is 245 g/mol. The van der Waals surface area contributed by atoms with Gasteiger partial charge in [0.2, 0.25) is 11.8 Å². The number of hydrogen-bond donors (Lipinski definition) is 3. The molecule has 1 atom stereocenters. The molecule has 0 saturated carbocycles. The van der Waals surface area contributed by atoms with E-state index in [1.54, 1.807) is 20.8 Å². The summed E-state index contributed by atoms with van der Waals surface area (Å²) in [6.07, 6.45) is 0. The summed E-state index contributed by atoms with van der Waals surface area (Å²) in [6.45, 7) is 7.19. The van der Waals surface area contributed by atoms with E-state index in [2.05, 4.69) is 10.6 Å². The predicted octanol–water partition coefficient (Wildman–Crippen LogP) is -0.0605. The van der Waals surface area contributed by atoms with Crippen LogP contribution in [0.25, 0.3) is 0 Å². The van der Waals surface area contributed by atoms with Crippen LogP contribution in [0.3, 0.4) is 0 Å². The third-order valence-electron chi connectivity index (χ3n) is 2.28. The summed E-state index contributed by atoms with van der Waals surface area (Å²) in [7, 11) is 0. The van der Waals surface area contributed by atoms with Crippen molar-refractivity contribution < 1.29 is 9.59 Å². The van der Waals surface area contributed by atoms with Gasteiger partial charge in [0.25, 0.3) is 0 Å². The lowest BCUT2D eigenvalue weighted by Gasteiger charge is -2.24. The number of nitrogens with one attached hydrogen (secondary N) is 2. The Morgan fingerprint density at radius 3 is 2.31 bits per heavy atom. The van der Waals surface area contributed by atoms with Crippen LogP contribution < -0.4 is 16.4 Å². The molecule has 0 bridgehead atoms. The van der Waals surface area contributed by atoms with E-state index in [1.807, 2.05) is 6.92 Å². The smallest absolute Gasteiger partial charge is 0.242 e. The van der Waals surface area contributed by atoms with Crippen LogP contribution in [0.4, 0.5) is 0 Å². The molecule has 2 amide bonds. The van der Waals surface area contributed by atoms with Gasteiger partial charge < -0.3 is 16.4 Å². The molecule has 4 N–H and O–H groups in total. The molecule has 0 aromatic carbocycles. The Labute approximate surface area is 101 Å². The fraction of sp³-hybridized carbons (Fsp3) is 0.700. The number of thiocarbonyl (C=S) groups is 1. The molecule has 0 spiro atoms. The van der Waals surface area contributed by atoms with E-state index in [9.17, 15) is 9.59 Å². The highest BCUT2D eigenvalue weighted by molar-refractivity contribution is 7.80. The van der Waals surface area contributed by atoms with Gasteiger partial charge in [-0.05, 0) is 27.7 Å². The van der Waals surface area contributed by atoms with Crippen LogP contribution in [-0.4, -0.2) is 29.4 Å². The fourth-order valence-electron chi connectivity index (χ4n) is 0.882. The van der Waals surface area contributed by atoms with Gasteiger partial charge in [-0.2, -0.15) is 0 Å². The van der Waals surface area contributed by atoms with Crippen molar-refractivity contribution in [3.8, 4) is 0 Å². The first-order chi connectivity index (χ1) is 7.23. The number of carbonyl (C=O) groups is 2. The van der Waals surface area contributed by atoms with E-state index in [0.29, 0.717) is 6.54 Å². The maximum atomic E-state index is 11.8. The third-order valence-corrected chi connectivity index (χ3v) is 2.79. The van der Waals surface area contributed by atoms with Crippen LogP contribution in [0.1, 0.15) is 27.7 Å². The van der Waals surface area contributed by atoms with Crippen molar-refractivity contribution in [3.05, 3.63) is 0 Å². The minimum absolute atomic E-state index is 0.105. The molecule has 16 heavy (non-hydrogen) atoms. The van der Waals surface area contributed by atoms with Gasteiger partial charge in [0.15, 0.2) is 0 Å². The molecule has 1 unspecified atom stereocenters. The SMILES string of the molecule is CCNC(=O)C(C)NC(=O)C(C)(C)C(N)=S. The Bertz CT molecular complexity index is 302. The molecule has 0 rings (SSSR count). The summed E-state index contributed by atoms with van der Waals surface area (Å²) in [5, 5.41) is 5.18. The minimum Gasteiger partial charge on any atom is -0.392 e. The Morgan fingerprint density at radius 1 is 1.44 bits per heavy atom. The summed E-state index contributed by atoms with van der Waals surface area (Å²) in [4.78, 5) is 23.3. The summed E-state index contributed by atoms with van der Waals surface area (Å²) >= 11 is 4.79. The molecular weight excluding hydrogens is 226 g/mol. The zero-order valence-corrected chi connectivity index (χ0v) is 10.9. The van der Waals surface area contributed by atoms with Crippen LogP contribution in [0.5, 0.6) is 0 Å².